The topological polar surface area (TPSA) is 55.6 Å². The summed E-state index contributed by atoms with van der Waals surface area (Å²) in [5.74, 6) is 0. The molecule has 0 aliphatic heterocycles. The standard InChI is InChI=1S/C10H22N2O2/c1-6-12(8(2)7-11)9(13)14-10(3,4)5/h8H,6-7,11H2,1-5H3/t8-/m1/s1. The van der Waals surface area contributed by atoms with Crippen molar-refractivity contribution in [3.05, 3.63) is 0 Å². The Morgan fingerprint density at radius 2 is 2.00 bits per heavy atom. The predicted octanol–water partition coefficient (Wildman–Crippen LogP) is 1.59. The average Bonchev–Trinajstić information content (AvgIpc) is 2.01. The van der Waals surface area contributed by atoms with Gasteiger partial charge in [-0.05, 0) is 34.6 Å². The van der Waals surface area contributed by atoms with Gasteiger partial charge in [0.1, 0.15) is 5.60 Å². The molecule has 0 bridgehead atoms. The van der Waals surface area contributed by atoms with Crippen LogP contribution in [0.15, 0.2) is 0 Å². The van der Waals surface area contributed by atoms with Crippen LogP contribution in [-0.4, -0.2) is 35.7 Å². The van der Waals surface area contributed by atoms with Gasteiger partial charge in [-0.3, -0.25) is 0 Å². The first-order chi connectivity index (χ1) is 6.31. The van der Waals surface area contributed by atoms with Crippen molar-refractivity contribution < 1.29 is 9.53 Å². The Morgan fingerprint density at radius 1 is 1.50 bits per heavy atom. The largest absolute Gasteiger partial charge is 0.444 e. The van der Waals surface area contributed by atoms with Gasteiger partial charge in [-0.2, -0.15) is 0 Å². The molecule has 0 aromatic rings. The fourth-order valence-electron chi connectivity index (χ4n) is 1.07. The molecule has 0 rings (SSSR count). The van der Waals surface area contributed by atoms with Crippen LogP contribution in [0.5, 0.6) is 0 Å². The summed E-state index contributed by atoms with van der Waals surface area (Å²) in [6.07, 6.45) is -0.294. The van der Waals surface area contributed by atoms with Crippen LogP contribution in [0.3, 0.4) is 0 Å². The molecule has 0 spiro atoms. The number of nitrogens with two attached hydrogens (primary N) is 1. The second kappa shape index (κ2) is 5.20. The molecule has 0 heterocycles. The average molecular weight is 202 g/mol. The van der Waals surface area contributed by atoms with E-state index in [9.17, 15) is 4.79 Å². The molecular formula is C10H22N2O2. The van der Waals surface area contributed by atoms with Crippen molar-refractivity contribution in [3.8, 4) is 0 Å². The van der Waals surface area contributed by atoms with Crippen molar-refractivity contribution in [2.24, 2.45) is 5.73 Å². The van der Waals surface area contributed by atoms with Gasteiger partial charge in [0, 0.05) is 19.1 Å². The summed E-state index contributed by atoms with van der Waals surface area (Å²) in [6.45, 7) is 10.5. The van der Waals surface area contributed by atoms with E-state index in [1.54, 1.807) is 4.90 Å². The Morgan fingerprint density at radius 3 is 2.29 bits per heavy atom. The van der Waals surface area contributed by atoms with Crippen LogP contribution in [0.25, 0.3) is 0 Å². The third kappa shape index (κ3) is 4.46. The van der Waals surface area contributed by atoms with Crippen molar-refractivity contribution in [2.45, 2.75) is 46.3 Å². The highest BCUT2D eigenvalue weighted by Gasteiger charge is 2.23. The molecule has 0 aliphatic carbocycles. The summed E-state index contributed by atoms with van der Waals surface area (Å²) in [5.41, 5.74) is 5.06. The zero-order valence-electron chi connectivity index (χ0n) is 9.83. The fraction of sp³-hybridized carbons (Fsp3) is 0.900. The van der Waals surface area contributed by atoms with Gasteiger partial charge in [-0.25, -0.2) is 4.79 Å². The summed E-state index contributed by atoms with van der Waals surface area (Å²) < 4.78 is 5.25. The Kier molecular flexibility index (Phi) is 4.91. The Bertz CT molecular complexity index is 187. The molecule has 4 heteroatoms. The maximum absolute atomic E-state index is 11.6. The lowest BCUT2D eigenvalue weighted by atomic mass is 10.2. The zero-order valence-corrected chi connectivity index (χ0v) is 9.83. The summed E-state index contributed by atoms with van der Waals surface area (Å²) >= 11 is 0. The van der Waals surface area contributed by atoms with Crippen LogP contribution in [0.1, 0.15) is 34.6 Å². The highest BCUT2D eigenvalue weighted by Crippen LogP contribution is 2.11. The number of amides is 1. The number of ether oxygens (including phenoxy) is 1. The molecule has 0 radical (unpaired) electrons. The Balaban J connectivity index is 4.33. The minimum atomic E-state index is -0.446. The van der Waals surface area contributed by atoms with Crippen molar-refractivity contribution in [3.63, 3.8) is 0 Å². The fourth-order valence-corrected chi connectivity index (χ4v) is 1.07. The van der Waals surface area contributed by atoms with Gasteiger partial charge in [-0.1, -0.05) is 0 Å². The first kappa shape index (κ1) is 13.2. The van der Waals surface area contributed by atoms with E-state index in [0.29, 0.717) is 13.1 Å². The molecule has 0 aliphatic rings. The monoisotopic (exact) mass is 202 g/mol. The Hall–Kier alpha value is -0.770. The van der Waals surface area contributed by atoms with Crippen LogP contribution in [-0.2, 0) is 4.74 Å². The normalized spacial score (nSPS) is 13.6. The molecule has 0 aromatic heterocycles. The molecule has 0 aromatic carbocycles. The number of carbonyl (C=O) groups is 1. The predicted molar refractivity (Wildman–Crippen MR) is 57.1 cm³/mol. The smallest absolute Gasteiger partial charge is 0.410 e. The summed E-state index contributed by atoms with van der Waals surface area (Å²) in [4.78, 5) is 13.3. The van der Waals surface area contributed by atoms with Gasteiger partial charge in [0.2, 0.25) is 0 Å². The molecule has 1 atom stereocenters. The van der Waals surface area contributed by atoms with E-state index in [4.69, 9.17) is 10.5 Å². The molecule has 0 unspecified atom stereocenters. The van der Waals surface area contributed by atoms with Crippen LogP contribution in [0.4, 0.5) is 4.79 Å². The molecule has 14 heavy (non-hydrogen) atoms. The molecule has 0 saturated carbocycles. The lowest BCUT2D eigenvalue weighted by molar-refractivity contribution is 0.0195. The highest BCUT2D eigenvalue weighted by atomic mass is 16.6. The second-order valence-electron chi connectivity index (χ2n) is 4.35. The summed E-state index contributed by atoms with van der Waals surface area (Å²) in [7, 11) is 0. The van der Waals surface area contributed by atoms with Crippen LogP contribution in [0, 0.1) is 0 Å². The number of likely N-dealkylation sites (N-methyl/N-ethyl adjacent to an activating group) is 1. The lowest BCUT2D eigenvalue weighted by Gasteiger charge is -2.30. The first-order valence-electron chi connectivity index (χ1n) is 5.01. The molecular weight excluding hydrogens is 180 g/mol. The first-order valence-corrected chi connectivity index (χ1v) is 5.01. The van der Waals surface area contributed by atoms with Gasteiger partial charge in [0.25, 0.3) is 0 Å². The lowest BCUT2D eigenvalue weighted by Crippen LogP contribution is -2.45. The summed E-state index contributed by atoms with van der Waals surface area (Å²) in [5, 5.41) is 0. The number of hydrogen-bond acceptors (Lipinski definition) is 3. The minimum absolute atomic E-state index is 0.0230. The highest BCUT2D eigenvalue weighted by molar-refractivity contribution is 5.68. The van der Waals surface area contributed by atoms with Crippen molar-refractivity contribution in [1.82, 2.24) is 4.90 Å². The quantitative estimate of drug-likeness (QED) is 0.756. The minimum Gasteiger partial charge on any atom is -0.444 e. The van der Waals surface area contributed by atoms with Crippen LogP contribution < -0.4 is 5.73 Å². The van der Waals surface area contributed by atoms with Crippen molar-refractivity contribution in [1.29, 1.82) is 0 Å². The van der Waals surface area contributed by atoms with E-state index in [0.717, 1.165) is 0 Å². The van der Waals surface area contributed by atoms with Gasteiger partial charge < -0.3 is 15.4 Å². The zero-order chi connectivity index (χ0) is 11.4. The number of carbonyl (C=O) groups excluding carboxylic acids is 1. The van der Waals surface area contributed by atoms with E-state index in [1.165, 1.54) is 0 Å². The van der Waals surface area contributed by atoms with Crippen LogP contribution >= 0.6 is 0 Å². The maximum atomic E-state index is 11.6. The summed E-state index contributed by atoms with van der Waals surface area (Å²) in [6, 6.07) is 0.0230. The number of rotatable bonds is 3. The number of hydrogen-bond donors (Lipinski definition) is 1. The van der Waals surface area contributed by atoms with Crippen molar-refractivity contribution >= 4 is 6.09 Å². The Labute approximate surface area is 86.4 Å². The third-order valence-electron chi connectivity index (χ3n) is 1.84. The maximum Gasteiger partial charge on any atom is 0.410 e. The van der Waals surface area contributed by atoms with E-state index in [2.05, 4.69) is 0 Å². The van der Waals surface area contributed by atoms with Crippen molar-refractivity contribution in [2.75, 3.05) is 13.1 Å². The van der Waals surface area contributed by atoms with E-state index >= 15 is 0 Å². The van der Waals surface area contributed by atoms with Gasteiger partial charge in [-0.15, -0.1) is 0 Å². The molecule has 0 saturated heterocycles. The van der Waals surface area contributed by atoms with E-state index in [1.807, 2.05) is 34.6 Å². The van der Waals surface area contributed by atoms with Gasteiger partial charge in [0.05, 0.1) is 0 Å². The van der Waals surface area contributed by atoms with Gasteiger partial charge in [0.15, 0.2) is 0 Å². The SMILES string of the molecule is CCN(C(=O)OC(C)(C)C)[C@H](C)CN. The number of nitrogens with zero attached hydrogens (tertiary/aromatic N) is 1. The molecule has 0 fully saturated rings. The molecule has 4 nitrogen and oxygen atoms in total. The molecule has 84 valence electrons. The molecule has 1 amide bonds. The van der Waals surface area contributed by atoms with E-state index < -0.39 is 5.60 Å². The van der Waals surface area contributed by atoms with Gasteiger partial charge >= 0.3 is 6.09 Å². The second-order valence-corrected chi connectivity index (χ2v) is 4.35. The third-order valence-corrected chi connectivity index (χ3v) is 1.84. The van der Waals surface area contributed by atoms with Crippen LogP contribution in [0.2, 0.25) is 0 Å². The molecule has 2 N–H and O–H groups in total. The van der Waals surface area contributed by atoms with E-state index in [-0.39, 0.29) is 12.1 Å².